The number of benzene rings is 3. The van der Waals surface area contributed by atoms with Crippen molar-refractivity contribution in [1.82, 2.24) is 5.32 Å². The Morgan fingerprint density at radius 2 is 1.30 bits per heavy atom. The van der Waals surface area contributed by atoms with E-state index in [0.717, 1.165) is 16.7 Å². The van der Waals surface area contributed by atoms with Crippen molar-refractivity contribution in [1.29, 1.82) is 0 Å². The highest BCUT2D eigenvalue weighted by Gasteiger charge is 2.31. The molecule has 4 heteroatoms. The van der Waals surface area contributed by atoms with Crippen LogP contribution >= 0.6 is 0 Å². The number of nitrogens with one attached hydrogen (secondary N) is 1. The lowest BCUT2D eigenvalue weighted by atomic mass is 9.96. The second kappa shape index (κ2) is 11.1. The minimum atomic E-state index is -0.689. The molecule has 0 spiro atoms. The summed E-state index contributed by atoms with van der Waals surface area (Å²) < 4.78 is 10.8. The van der Waals surface area contributed by atoms with Crippen LogP contribution in [0.15, 0.2) is 97.1 Å². The zero-order valence-electron chi connectivity index (χ0n) is 17.3. The van der Waals surface area contributed by atoms with E-state index in [4.69, 9.17) is 9.47 Å². The largest absolute Gasteiger partial charge is 0.468 e. The molecule has 4 nitrogen and oxygen atoms in total. The SMILES string of the molecule is COC(=O)C(NC(c1ccccc1)c1ccccc1)C(C=Cc1ccccc1)OC. The number of hydrogen-bond donors (Lipinski definition) is 1. The molecule has 2 unspecified atom stereocenters. The van der Waals surface area contributed by atoms with Crippen molar-refractivity contribution in [3.8, 4) is 0 Å². The Labute approximate surface area is 178 Å². The molecule has 3 rings (SSSR count). The minimum absolute atomic E-state index is 0.195. The maximum atomic E-state index is 12.7. The van der Waals surface area contributed by atoms with E-state index in [9.17, 15) is 4.79 Å². The normalized spacial score (nSPS) is 13.3. The number of rotatable bonds is 9. The van der Waals surface area contributed by atoms with Crippen LogP contribution in [-0.4, -0.2) is 32.3 Å². The first-order chi connectivity index (χ1) is 14.7. The summed E-state index contributed by atoms with van der Waals surface area (Å²) in [7, 11) is 2.99. The van der Waals surface area contributed by atoms with E-state index < -0.39 is 12.1 Å². The molecule has 154 valence electrons. The topological polar surface area (TPSA) is 47.6 Å². The molecule has 0 aliphatic rings. The highest BCUT2D eigenvalue weighted by Crippen LogP contribution is 2.24. The van der Waals surface area contributed by atoms with E-state index in [1.807, 2.05) is 103 Å². The van der Waals surface area contributed by atoms with Crippen LogP contribution in [0.5, 0.6) is 0 Å². The van der Waals surface area contributed by atoms with Crippen molar-refractivity contribution in [2.75, 3.05) is 14.2 Å². The number of carbonyl (C=O) groups excluding carboxylic acids is 1. The van der Waals surface area contributed by atoms with Crippen LogP contribution < -0.4 is 5.32 Å². The monoisotopic (exact) mass is 401 g/mol. The van der Waals surface area contributed by atoms with Crippen LogP contribution in [0.25, 0.3) is 6.08 Å². The third-order valence-corrected chi connectivity index (χ3v) is 4.95. The van der Waals surface area contributed by atoms with Gasteiger partial charge in [0.05, 0.1) is 13.2 Å². The molecule has 1 N–H and O–H groups in total. The summed E-state index contributed by atoms with van der Waals surface area (Å²) in [6, 6.07) is 29.1. The van der Waals surface area contributed by atoms with Gasteiger partial charge >= 0.3 is 5.97 Å². The van der Waals surface area contributed by atoms with Gasteiger partial charge in [0.25, 0.3) is 0 Å². The molecule has 0 aromatic heterocycles. The highest BCUT2D eigenvalue weighted by atomic mass is 16.5. The van der Waals surface area contributed by atoms with Crippen LogP contribution in [0.3, 0.4) is 0 Å². The smallest absolute Gasteiger partial charge is 0.325 e. The number of methoxy groups -OCH3 is 2. The quantitative estimate of drug-likeness (QED) is 0.531. The van der Waals surface area contributed by atoms with Crippen molar-refractivity contribution in [3.05, 3.63) is 114 Å². The average molecular weight is 402 g/mol. The fourth-order valence-electron chi connectivity index (χ4n) is 3.38. The fraction of sp³-hybridized carbons (Fsp3) is 0.192. The van der Waals surface area contributed by atoms with Gasteiger partial charge < -0.3 is 9.47 Å². The zero-order chi connectivity index (χ0) is 21.2. The Bertz CT molecular complexity index is 887. The van der Waals surface area contributed by atoms with Crippen LogP contribution in [-0.2, 0) is 14.3 Å². The highest BCUT2D eigenvalue weighted by molar-refractivity contribution is 5.77. The Hall–Kier alpha value is -3.21. The minimum Gasteiger partial charge on any atom is -0.468 e. The van der Waals surface area contributed by atoms with E-state index in [2.05, 4.69) is 5.32 Å². The lowest BCUT2D eigenvalue weighted by molar-refractivity contribution is -0.146. The van der Waals surface area contributed by atoms with Gasteiger partial charge in [-0.25, -0.2) is 0 Å². The predicted molar refractivity (Wildman–Crippen MR) is 120 cm³/mol. The Kier molecular flexibility index (Phi) is 7.95. The summed E-state index contributed by atoms with van der Waals surface area (Å²) in [5.74, 6) is -0.378. The fourth-order valence-corrected chi connectivity index (χ4v) is 3.38. The maximum Gasteiger partial charge on any atom is 0.325 e. The van der Waals surface area contributed by atoms with Gasteiger partial charge in [-0.3, -0.25) is 10.1 Å². The van der Waals surface area contributed by atoms with Crippen molar-refractivity contribution in [2.24, 2.45) is 0 Å². The number of hydrogen-bond acceptors (Lipinski definition) is 4. The van der Waals surface area contributed by atoms with Gasteiger partial charge in [-0.2, -0.15) is 0 Å². The summed E-state index contributed by atoms with van der Waals surface area (Å²) in [5.41, 5.74) is 3.14. The first-order valence-electron chi connectivity index (χ1n) is 9.92. The van der Waals surface area contributed by atoms with E-state index in [-0.39, 0.29) is 12.0 Å². The molecule has 0 fully saturated rings. The van der Waals surface area contributed by atoms with Crippen molar-refractivity contribution in [2.45, 2.75) is 18.2 Å². The van der Waals surface area contributed by atoms with Gasteiger partial charge in [-0.05, 0) is 16.7 Å². The lowest BCUT2D eigenvalue weighted by Crippen LogP contribution is -2.48. The molecular formula is C26H27NO3. The standard InChI is InChI=1S/C26H27NO3/c1-29-23(19-18-20-12-6-3-7-13-20)25(26(28)30-2)27-24(21-14-8-4-9-15-21)22-16-10-5-11-17-22/h3-19,23-25,27H,1-2H3. The summed E-state index contributed by atoms with van der Waals surface area (Å²) in [4.78, 5) is 12.7. The Balaban J connectivity index is 1.92. The lowest BCUT2D eigenvalue weighted by Gasteiger charge is -2.28. The van der Waals surface area contributed by atoms with Gasteiger partial charge in [-0.15, -0.1) is 0 Å². The second-order valence-corrected chi connectivity index (χ2v) is 6.89. The molecule has 0 saturated heterocycles. The van der Waals surface area contributed by atoms with Crippen LogP contribution in [0.2, 0.25) is 0 Å². The summed E-state index contributed by atoms with van der Waals surface area (Å²) in [6.07, 6.45) is 3.33. The van der Waals surface area contributed by atoms with E-state index in [0.29, 0.717) is 0 Å². The van der Waals surface area contributed by atoms with Crippen LogP contribution in [0.4, 0.5) is 0 Å². The molecule has 2 atom stereocenters. The van der Waals surface area contributed by atoms with Gasteiger partial charge in [0.2, 0.25) is 0 Å². The Morgan fingerprint density at radius 3 is 1.77 bits per heavy atom. The molecule has 0 amide bonds. The summed E-state index contributed by atoms with van der Waals surface area (Å²) in [6.45, 7) is 0. The number of esters is 1. The molecule has 30 heavy (non-hydrogen) atoms. The third kappa shape index (κ3) is 5.66. The second-order valence-electron chi connectivity index (χ2n) is 6.89. The molecule has 3 aromatic carbocycles. The number of carbonyl (C=O) groups is 1. The first kappa shape index (κ1) is 21.5. The molecule has 0 heterocycles. The number of ether oxygens (including phenoxy) is 2. The average Bonchev–Trinajstić information content (AvgIpc) is 2.82. The third-order valence-electron chi connectivity index (χ3n) is 4.95. The Morgan fingerprint density at radius 1 is 0.800 bits per heavy atom. The van der Waals surface area contributed by atoms with E-state index >= 15 is 0 Å². The van der Waals surface area contributed by atoms with Gasteiger partial charge in [0.1, 0.15) is 12.1 Å². The van der Waals surface area contributed by atoms with Crippen LogP contribution in [0.1, 0.15) is 22.7 Å². The van der Waals surface area contributed by atoms with Crippen LogP contribution in [0, 0.1) is 0 Å². The van der Waals surface area contributed by atoms with Crippen molar-refractivity contribution in [3.63, 3.8) is 0 Å². The van der Waals surface area contributed by atoms with Crippen molar-refractivity contribution < 1.29 is 14.3 Å². The van der Waals surface area contributed by atoms with Gasteiger partial charge in [0, 0.05) is 7.11 Å². The summed E-state index contributed by atoms with van der Waals surface area (Å²) >= 11 is 0. The molecular weight excluding hydrogens is 374 g/mol. The molecule has 0 saturated carbocycles. The predicted octanol–water partition coefficient (Wildman–Crippen LogP) is 4.64. The maximum absolute atomic E-state index is 12.7. The first-order valence-corrected chi connectivity index (χ1v) is 9.92. The van der Waals surface area contributed by atoms with Gasteiger partial charge in [0.15, 0.2) is 0 Å². The molecule has 0 radical (unpaired) electrons. The molecule has 0 aliphatic carbocycles. The van der Waals surface area contributed by atoms with E-state index in [1.54, 1.807) is 7.11 Å². The molecule has 0 bridgehead atoms. The van der Waals surface area contributed by atoms with Gasteiger partial charge in [-0.1, -0.05) is 103 Å². The molecule has 3 aromatic rings. The zero-order valence-corrected chi connectivity index (χ0v) is 17.3. The summed E-state index contributed by atoms with van der Waals surface area (Å²) in [5, 5.41) is 3.47. The van der Waals surface area contributed by atoms with Crippen molar-refractivity contribution >= 4 is 12.0 Å². The van der Waals surface area contributed by atoms with E-state index in [1.165, 1.54) is 7.11 Å². The molecule has 0 aliphatic heterocycles.